The van der Waals surface area contributed by atoms with Crippen molar-refractivity contribution in [1.82, 2.24) is 20.1 Å². The molecule has 134 valence electrons. The van der Waals surface area contributed by atoms with E-state index in [9.17, 15) is 18.0 Å². The number of aromatic nitrogens is 3. The van der Waals surface area contributed by atoms with Gasteiger partial charge in [0, 0.05) is 17.5 Å². The molecular weight excluding hydrogens is 373 g/mol. The molecule has 1 amide bonds. The summed E-state index contributed by atoms with van der Waals surface area (Å²) in [5.41, 5.74) is -3.69. The number of nitrogens with one attached hydrogen (secondary N) is 2. The van der Waals surface area contributed by atoms with Gasteiger partial charge in [-0.1, -0.05) is 12.1 Å². The van der Waals surface area contributed by atoms with Crippen molar-refractivity contribution in [2.45, 2.75) is 30.4 Å². The van der Waals surface area contributed by atoms with Gasteiger partial charge in [-0.2, -0.15) is 18.3 Å². The molecule has 0 aliphatic rings. The smallest absolute Gasteiger partial charge is 0.345 e. The highest BCUT2D eigenvalue weighted by molar-refractivity contribution is 8.00. The van der Waals surface area contributed by atoms with E-state index in [0.29, 0.717) is 22.7 Å². The summed E-state index contributed by atoms with van der Waals surface area (Å²) in [6.45, 7) is 2.77. The molecule has 5 nitrogen and oxygen atoms in total. The molecule has 1 aromatic carbocycles. The fraction of sp³-hybridized carbons (Fsp3) is 0.267. The Hall–Kier alpha value is -2.07. The van der Waals surface area contributed by atoms with Crippen LogP contribution in [-0.2, 0) is 17.9 Å². The lowest BCUT2D eigenvalue weighted by atomic mass is 10.2. The van der Waals surface area contributed by atoms with Gasteiger partial charge in [0.05, 0.1) is 6.54 Å². The molecule has 0 saturated carbocycles. The average molecular weight is 388 g/mol. The zero-order valence-corrected chi connectivity index (χ0v) is 14.8. The number of benzene rings is 1. The standard InChI is InChI=1S/C15H15F3N4OS2/c1-2-22-12(20-21-14(22)24)9-19-13(23)8-5-10-3-6-11(7-4-10)25-15(16,17)18/h3-8H,2,9H2,1H3,(H,19,23)(H,21,24)/b8-5+. The van der Waals surface area contributed by atoms with E-state index in [2.05, 4.69) is 15.5 Å². The first kappa shape index (κ1) is 19.3. The number of nitrogens with zero attached hydrogens (tertiary/aromatic N) is 2. The van der Waals surface area contributed by atoms with Crippen molar-refractivity contribution in [3.63, 3.8) is 0 Å². The second-order valence-electron chi connectivity index (χ2n) is 4.86. The summed E-state index contributed by atoms with van der Waals surface area (Å²) in [6.07, 6.45) is 2.83. The zero-order chi connectivity index (χ0) is 18.4. The van der Waals surface area contributed by atoms with Crippen LogP contribution < -0.4 is 5.32 Å². The van der Waals surface area contributed by atoms with Gasteiger partial charge in [0.1, 0.15) is 0 Å². The fourth-order valence-corrected chi connectivity index (χ4v) is 2.81. The molecule has 2 N–H and O–H groups in total. The maximum atomic E-state index is 12.3. The Labute approximate surface area is 151 Å². The molecule has 25 heavy (non-hydrogen) atoms. The van der Waals surface area contributed by atoms with Crippen LogP contribution in [0.25, 0.3) is 6.08 Å². The molecule has 0 fully saturated rings. The maximum absolute atomic E-state index is 12.3. The van der Waals surface area contributed by atoms with Gasteiger partial charge in [-0.05, 0) is 54.7 Å². The summed E-state index contributed by atoms with van der Waals surface area (Å²) in [6, 6.07) is 5.74. The normalized spacial score (nSPS) is 11.8. The van der Waals surface area contributed by atoms with Gasteiger partial charge < -0.3 is 9.88 Å². The minimum absolute atomic E-state index is 0.0940. The first-order chi connectivity index (χ1) is 11.8. The molecular formula is C15H15F3N4OS2. The molecule has 0 saturated heterocycles. The number of carbonyl (C=O) groups is 1. The molecule has 1 aromatic heterocycles. The second-order valence-corrected chi connectivity index (χ2v) is 6.38. The third-order valence-electron chi connectivity index (χ3n) is 3.12. The van der Waals surface area contributed by atoms with E-state index in [1.807, 2.05) is 6.92 Å². The monoisotopic (exact) mass is 388 g/mol. The van der Waals surface area contributed by atoms with E-state index in [4.69, 9.17) is 12.2 Å². The third-order valence-corrected chi connectivity index (χ3v) is 4.17. The lowest BCUT2D eigenvalue weighted by Gasteiger charge is -2.05. The zero-order valence-electron chi connectivity index (χ0n) is 13.1. The van der Waals surface area contributed by atoms with Crippen LogP contribution in [0.3, 0.4) is 0 Å². The van der Waals surface area contributed by atoms with Crippen molar-refractivity contribution in [2.75, 3.05) is 0 Å². The largest absolute Gasteiger partial charge is 0.446 e. The number of rotatable bonds is 6. The number of thioether (sulfide) groups is 1. The molecule has 2 rings (SSSR count). The Morgan fingerprint density at radius 2 is 2.08 bits per heavy atom. The lowest BCUT2D eigenvalue weighted by molar-refractivity contribution is -0.116. The molecule has 0 bridgehead atoms. The van der Waals surface area contributed by atoms with Crippen LogP contribution in [0.4, 0.5) is 13.2 Å². The van der Waals surface area contributed by atoms with E-state index in [1.54, 1.807) is 4.57 Å². The van der Waals surface area contributed by atoms with Gasteiger partial charge in [0.15, 0.2) is 10.6 Å². The van der Waals surface area contributed by atoms with Crippen LogP contribution >= 0.6 is 24.0 Å². The van der Waals surface area contributed by atoms with E-state index in [-0.39, 0.29) is 29.1 Å². The summed E-state index contributed by atoms with van der Waals surface area (Å²) < 4.78 is 39.0. The van der Waals surface area contributed by atoms with Crippen molar-refractivity contribution in [1.29, 1.82) is 0 Å². The molecule has 0 radical (unpaired) electrons. The molecule has 0 atom stereocenters. The molecule has 0 aliphatic carbocycles. The Morgan fingerprint density at radius 1 is 1.40 bits per heavy atom. The van der Waals surface area contributed by atoms with Crippen LogP contribution in [0.15, 0.2) is 35.2 Å². The lowest BCUT2D eigenvalue weighted by Crippen LogP contribution is -2.22. The highest BCUT2D eigenvalue weighted by Gasteiger charge is 2.28. The highest BCUT2D eigenvalue weighted by atomic mass is 32.2. The molecule has 1 heterocycles. The predicted molar refractivity (Wildman–Crippen MR) is 92.3 cm³/mol. The van der Waals surface area contributed by atoms with E-state index >= 15 is 0 Å². The number of hydrogen-bond acceptors (Lipinski definition) is 4. The topological polar surface area (TPSA) is 62.7 Å². The minimum Gasteiger partial charge on any atom is -0.345 e. The Kier molecular flexibility index (Phi) is 6.43. The second kappa shape index (κ2) is 8.34. The van der Waals surface area contributed by atoms with Gasteiger partial charge in [0.25, 0.3) is 0 Å². The van der Waals surface area contributed by atoms with Crippen LogP contribution in [-0.4, -0.2) is 26.2 Å². The van der Waals surface area contributed by atoms with Crippen molar-refractivity contribution >= 4 is 36.0 Å². The number of alkyl halides is 3. The van der Waals surface area contributed by atoms with Crippen molar-refractivity contribution in [3.05, 3.63) is 46.5 Å². The van der Waals surface area contributed by atoms with Gasteiger partial charge in [-0.3, -0.25) is 9.89 Å². The first-order valence-corrected chi connectivity index (χ1v) is 8.47. The summed E-state index contributed by atoms with van der Waals surface area (Å²) >= 11 is 4.88. The van der Waals surface area contributed by atoms with Gasteiger partial charge >= 0.3 is 5.51 Å². The quantitative estimate of drug-likeness (QED) is 0.448. The summed E-state index contributed by atoms with van der Waals surface area (Å²) in [5, 5.41) is 9.36. The summed E-state index contributed by atoms with van der Waals surface area (Å²) in [4.78, 5) is 11.9. The Balaban J connectivity index is 1.90. The number of hydrogen-bond donors (Lipinski definition) is 2. The van der Waals surface area contributed by atoms with Crippen LogP contribution in [0.2, 0.25) is 0 Å². The minimum atomic E-state index is -4.32. The van der Waals surface area contributed by atoms with Crippen molar-refractivity contribution in [2.24, 2.45) is 0 Å². The van der Waals surface area contributed by atoms with E-state index < -0.39 is 5.51 Å². The SMILES string of the molecule is CCn1c(CNC(=O)/C=C/c2ccc(SC(F)(F)F)cc2)n[nH]c1=S. The Bertz CT molecular complexity index is 809. The summed E-state index contributed by atoms with van der Waals surface area (Å²) in [7, 11) is 0. The van der Waals surface area contributed by atoms with Gasteiger partial charge in [0.2, 0.25) is 5.91 Å². The van der Waals surface area contributed by atoms with E-state index in [0.717, 1.165) is 0 Å². The van der Waals surface area contributed by atoms with Crippen molar-refractivity contribution in [3.8, 4) is 0 Å². The number of aromatic amines is 1. The van der Waals surface area contributed by atoms with Crippen LogP contribution in [0.5, 0.6) is 0 Å². The number of amides is 1. The maximum Gasteiger partial charge on any atom is 0.446 e. The summed E-state index contributed by atoms with van der Waals surface area (Å²) in [5.74, 6) is 0.271. The van der Waals surface area contributed by atoms with Crippen molar-refractivity contribution < 1.29 is 18.0 Å². The highest BCUT2D eigenvalue weighted by Crippen LogP contribution is 2.36. The Morgan fingerprint density at radius 3 is 2.68 bits per heavy atom. The fourth-order valence-electron chi connectivity index (χ4n) is 1.99. The number of carbonyl (C=O) groups excluding carboxylic acids is 1. The molecule has 0 spiro atoms. The average Bonchev–Trinajstić information content (AvgIpc) is 2.90. The van der Waals surface area contributed by atoms with Crippen LogP contribution in [0, 0.1) is 4.77 Å². The molecule has 10 heteroatoms. The molecule has 2 aromatic rings. The predicted octanol–water partition coefficient (Wildman–Crippen LogP) is 3.90. The number of H-pyrrole nitrogens is 1. The van der Waals surface area contributed by atoms with Gasteiger partial charge in [-0.15, -0.1) is 0 Å². The molecule has 0 unspecified atom stereocenters. The number of halogens is 3. The molecule has 0 aliphatic heterocycles. The first-order valence-electron chi connectivity index (χ1n) is 7.24. The van der Waals surface area contributed by atoms with E-state index in [1.165, 1.54) is 36.4 Å². The van der Waals surface area contributed by atoms with Crippen LogP contribution in [0.1, 0.15) is 18.3 Å². The third kappa shape index (κ3) is 6.05. The van der Waals surface area contributed by atoms with Gasteiger partial charge in [-0.25, -0.2) is 0 Å².